The van der Waals surface area contributed by atoms with Crippen LogP contribution in [-0.2, 0) is 14.6 Å². The standard InChI is InChI=1S/C19H36O3.C2H6O/c1-3-4-5-6-7-8-9-10-11-12-13-14-15-16-17-18-19(20)22-21-2;1-2-3/h10-11H,3-9,12-18H2,1-2H3;3H,2H2,1H3/b11-10-;. The molecule has 150 valence electrons. The van der Waals surface area contributed by atoms with Gasteiger partial charge in [-0.05, 0) is 39.0 Å². The van der Waals surface area contributed by atoms with Gasteiger partial charge in [0.2, 0.25) is 0 Å². The van der Waals surface area contributed by atoms with Gasteiger partial charge >= 0.3 is 5.97 Å². The van der Waals surface area contributed by atoms with Crippen LogP contribution < -0.4 is 0 Å². The minimum absolute atomic E-state index is 0.250. The molecule has 0 aromatic rings. The second-order valence-electron chi connectivity index (χ2n) is 6.27. The van der Waals surface area contributed by atoms with Gasteiger partial charge in [-0.15, -0.1) is 0 Å². The molecule has 1 N–H and O–H groups in total. The van der Waals surface area contributed by atoms with E-state index >= 15 is 0 Å². The average Bonchev–Trinajstić information content (AvgIpc) is 2.59. The van der Waals surface area contributed by atoms with Crippen molar-refractivity contribution in [2.75, 3.05) is 13.7 Å². The summed E-state index contributed by atoms with van der Waals surface area (Å²) < 4.78 is 0. The molecule has 0 amide bonds. The van der Waals surface area contributed by atoms with Crippen molar-refractivity contribution in [3.63, 3.8) is 0 Å². The summed E-state index contributed by atoms with van der Waals surface area (Å²) in [7, 11) is 1.36. The third-order valence-electron chi connectivity index (χ3n) is 3.82. The van der Waals surface area contributed by atoms with Crippen LogP contribution in [0, 0.1) is 0 Å². The molecular weight excluding hydrogens is 316 g/mol. The Morgan fingerprint density at radius 3 is 1.72 bits per heavy atom. The molecule has 0 radical (unpaired) electrons. The first-order chi connectivity index (χ1) is 12.2. The van der Waals surface area contributed by atoms with Gasteiger partial charge in [-0.25, -0.2) is 4.79 Å². The lowest BCUT2D eigenvalue weighted by atomic mass is 10.1. The summed E-state index contributed by atoms with van der Waals surface area (Å²) in [6, 6.07) is 0. The van der Waals surface area contributed by atoms with E-state index in [1.807, 2.05) is 0 Å². The number of hydrogen-bond acceptors (Lipinski definition) is 4. The van der Waals surface area contributed by atoms with Gasteiger partial charge in [0.25, 0.3) is 0 Å². The van der Waals surface area contributed by atoms with E-state index < -0.39 is 0 Å². The molecule has 0 aromatic carbocycles. The predicted octanol–water partition coefficient (Wildman–Crippen LogP) is 6.13. The fourth-order valence-corrected chi connectivity index (χ4v) is 2.47. The summed E-state index contributed by atoms with van der Waals surface area (Å²) in [6.07, 6.45) is 21.6. The number of unbranched alkanes of at least 4 members (excludes halogenated alkanes) is 11. The monoisotopic (exact) mass is 358 g/mol. The zero-order valence-electron chi connectivity index (χ0n) is 16.9. The normalized spacial score (nSPS) is 10.6. The van der Waals surface area contributed by atoms with Crippen molar-refractivity contribution in [3.05, 3.63) is 12.2 Å². The topological polar surface area (TPSA) is 55.8 Å². The Hall–Kier alpha value is -0.870. The zero-order chi connectivity index (χ0) is 19.0. The molecule has 0 saturated heterocycles. The maximum Gasteiger partial charge on any atom is 0.342 e. The molecule has 0 atom stereocenters. The first kappa shape index (κ1) is 26.4. The van der Waals surface area contributed by atoms with Crippen LogP contribution in [0.3, 0.4) is 0 Å². The number of carbonyl (C=O) groups is 1. The Balaban J connectivity index is 0. The van der Waals surface area contributed by atoms with Crippen LogP contribution in [0.4, 0.5) is 0 Å². The van der Waals surface area contributed by atoms with Crippen LogP contribution in [0.25, 0.3) is 0 Å². The molecule has 0 spiro atoms. The van der Waals surface area contributed by atoms with E-state index in [-0.39, 0.29) is 12.6 Å². The van der Waals surface area contributed by atoms with E-state index in [0.29, 0.717) is 6.42 Å². The Bertz CT molecular complexity index is 277. The highest BCUT2D eigenvalue weighted by atomic mass is 17.2. The maximum atomic E-state index is 11.0. The van der Waals surface area contributed by atoms with Gasteiger partial charge in [0.15, 0.2) is 0 Å². The maximum absolute atomic E-state index is 11.0. The summed E-state index contributed by atoms with van der Waals surface area (Å²) in [5.74, 6) is -0.264. The molecule has 0 bridgehead atoms. The van der Waals surface area contributed by atoms with Crippen LogP contribution in [0.15, 0.2) is 12.2 Å². The summed E-state index contributed by atoms with van der Waals surface area (Å²) in [4.78, 5) is 19.8. The molecule has 0 heterocycles. The molecule has 0 rings (SSSR count). The molecule has 0 saturated carbocycles. The van der Waals surface area contributed by atoms with Gasteiger partial charge in [-0.3, -0.25) is 4.89 Å². The van der Waals surface area contributed by atoms with E-state index in [1.165, 1.54) is 77.7 Å². The quantitative estimate of drug-likeness (QED) is 0.156. The summed E-state index contributed by atoms with van der Waals surface area (Å²) in [5.41, 5.74) is 0. The molecular formula is C21H42O4. The Kier molecular flexibility index (Phi) is 26.8. The number of aliphatic hydroxyl groups excluding tert-OH is 1. The van der Waals surface area contributed by atoms with E-state index in [1.54, 1.807) is 6.92 Å². The first-order valence-corrected chi connectivity index (χ1v) is 10.2. The second-order valence-corrected chi connectivity index (χ2v) is 6.27. The lowest BCUT2D eigenvalue weighted by molar-refractivity contribution is -0.255. The van der Waals surface area contributed by atoms with E-state index in [9.17, 15) is 4.79 Å². The molecule has 0 unspecified atom stereocenters. The van der Waals surface area contributed by atoms with Gasteiger partial charge in [0, 0.05) is 13.0 Å². The molecule has 0 fully saturated rings. The van der Waals surface area contributed by atoms with Gasteiger partial charge in [-0.1, -0.05) is 70.4 Å². The van der Waals surface area contributed by atoms with Crippen LogP contribution in [0.1, 0.15) is 104 Å². The minimum Gasteiger partial charge on any atom is -0.397 e. The molecule has 0 aliphatic rings. The van der Waals surface area contributed by atoms with Gasteiger partial charge in [0.05, 0.1) is 7.11 Å². The largest absolute Gasteiger partial charge is 0.397 e. The Morgan fingerprint density at radius 1 is 0.800 bits per heavy atom. The van der Waals surface area contributed by atoms with Crippen molar-refractivity contribution < 1.29 is 19.7 Å². The Labute approximate surface area is 155 Å². The molecule has 0 aliphatic heterocycles. The van der Waals surface area contributed by atoms with Crippen molar-refractivity contribution in [1.29, 1.82) is 0 Å². The smallest absolute Gasteiger partial charge is 0.342 e. The van der Waals surface area contributed by atoms with Gasteiger partial charge in [0.1, 0.15) is 0 Å². The zero-order valence-corrected chi connectivity index (χ0v) is 16.9. The van der Waals surface area contributed by atoms with Crippen molar-refractivity contribution in [1.82, 2.24) is 0 Å². The van der Waals surface area contributed by atoms with Crippen LogP contribution in [0.5, 0.6) is 0 Å². The highest BCUT2D eigenvalue weighted by Gasteiger charge is 2.01. The third kappa shape index (κ3) is 28.2. The lowest BCUT2D eigenvalue weighted by Gasteiger charge is -2.00. The Morgan fingerprint density at radius 2 is 1.24 bits per heavy atom. The summed E-state index contributed by atoms with van der Waals surface area (Å²) >= 11 is 0. The number of hydrogen-bond donors (Lipinski definition) is 1. The van der Waals surface area contributed by atoms with Crippen LogP contribution >= 0.6 is 0 Å². The SMILES string of the molecule is CCCCCCCC/C=C\CCCCCCCC(=O)OOC.CCO. The minimum atomic E-state index is -0.264. The molecule has 25 heavy (non-hydrogen) atoms. The van der Waals surface area contributed by atoms with E-state index in [4.69, 9.17) is 5.11 Å². The first-order valence-electron chi connectivity index (χ1n) is 10.2. The fraction of sp³-hybridized carbons (Fsp3) is 0.857. The van der Waals surface area contributed by atoms with Crippen LogP contribution in [-0.4, -0.2) is 24.8 Å². The predicted molar refractivity (Wildman–Crippen MR) is 105 cm³/mol. The van der Waals surface area contributed by atoms with Crippen molar-refractivity contribution in [2.24, 2.45) is 0 Å². The number of allylic oxidation sites excluding steroid dienone is 2. The van der Waals surface area contributed by atoms with Crippen molar-refractivity contribution in [3.8, 4) is 0 Å². The van der Waals surface area contributed by atoms with Gasteiger partial charge in [-0.2, -0.15) is 4.89 Å². The summed E-state index contributed by atoms with van der Waals surface area (Å²) in [6.45, 7) is 4.19. The second kappa shape index (κ2) is 25.4. The molecule has 4 nitrogen and oxygen atoms in total. The van der Waals surface area contributed by atoms with Crippen molar-refractivity contribution >= 4 is 5.97 Å². The van der Waals surface area contributed by atoms with Gasteiger partial charge < -0.3 is 5.11 Å². The lowest BCUT2D eigenvalue weighted by Crippen LogP contribution is -2.02. The van der Waals surface area contributed by atoms with E-state index in [2.05, 4.69) is 28.9 Å². The average molecular weight is 359 g/mol. The molecule has 0 aliphatic carbocycles. The van der Waals surface area contributed by atoms with Crippen LogP contribution in [0.2, 0.25) is 0 Å². The highest BCUT2D eigenvalue weighted by molar-refractivity contribution is 5.68. The summed E-state index contributed by atoms with van der Waals surface area (Å²) in [5, 5.41) is 7.57. The number of rotatable bonds is 16. The third-order valence-corrected chi connectivity index (χ3v) is 3.82. The molecule has 4 heteroatoms. The fourth-order valence-electron chi connectivity index (χ4n) is 2.47. The highest BCUT2D eigenvalue weighted by Crippen LogP contribution is 2.10. The van der Waals surface area contributed by atoms with E-state index in [0.717, 1.165) is 12.8 Å². The number of aliphatic hydroxyl groups is 1. The molecule has 0 aromatic heterocycles. The number of carbonyl (C=O) groups excluding carboxylic acids is 1. The van der Waals surface area contributed by atoms with Crippen molar-refractivity contribution in [2.45, 2.75) is 104 Å².